The molecular weight excluding hydrogens is 266 g/mol. The first kappa shape index (κ1) is 13.7. The number of carbonyl (C=O) groups excluding carboxylic acids is 1. The molecule has 3 heterocycles. The monoisotopic (exact) mass is 285 g/mol. The number of nitrogens with one attached hydrogen (secondary N) is 1. The van der Waals surface area contributed by atoms with Crippen molar-refractivity contribution in [3.8, 4) is 0 Å². The van der Waals surface area contributed by atoms with Gasteiger partial charge in [-0.3, -0.25) is 9.78 Å². The molecule has 0 atom stereocenters. The largest absolute Gasteiger partial charge is 0.467 e. The fourth-order valence-electron chi connectivity index (χ4n) is 2.69. The summed E-state index contributed by atoms with van der Waals surface area (Å²) in [6.07, 6.45) is 6.99. The van der Waals surface area contributed by atoms with Gasteiger partial charge in [0.15, 0.2) is 0 Å². The normalized spacial score (nSPS) is 15.9. The van der Waals surface area contributed by atoms with E-state index in [2.05, 4.69) is 15.2 Å². The van der Waals surface area contributed by atoms with Gasteiger partial charge in [-0.1, -0.05) is 0 Å². The predicted molar refractivity (Wildman–Crippen MR) is 79.7 cm³/mol. The van der Waals surface area contributed by atoms with Crippen LogP contribution in [-0.2, 0) is 11.3 Å². The topological polar surface area (TPSA) is 58.4 Å². The fourth-order valence-corrected chi connectivity index (χ4v) is 2.69. The number of pyridine rings is 1. The van der Waals surface area contributed by atoms with Crippen molar-refractivity contribution in [2.75, 3.05) is 18.0 Å². The van der Waals surface area contributed by atoms with Crippen molar-refractivity contribution in [2.45, 2.75) is 19.4 Å². The molecule has 0 aliphatic carbocycles. The molecule has 110 valence electrons. The molecule has 0 saturated carbocycles. The summed E-state index contributed by atoms with van der Waals surface area (Å²) in [6.45, 7) is 2.28. The molecule has 2 aromatic rings. The maximum Gasteiger partial charge on any atom is 0.223 e. The van der Waals surface area contributed by atoms with Gasteiger partial charge in [0.25, 0.3) is 0 Å². The number of piperidine rings is 1. The van der Waals surface area contributed by atoms with Crippen molar-refractivity contribution >= 4 is 11.6 Å². The Morgan fingerprint density at radius 3 is 2.71 bits per heavy atom. The van der Waals surface area contributed by atoms with Crippen LogP contribution in [0.2, 0.25) is 0 Å². The minimum Gasteiger partial charge on any atom is -0.467 e. The molecule has 1 saturated heterocycles. The first-order valence-corrected chi connectivity index (χ1v) is 7.28. The lowest BCUT2D eigenvalue weighted by Crippen LogP contribution is -2.40. The highest BCUT2D eigenvalue weighted by atomic mass is 16.3. The van der Waals surface area contributed by atoms with Crippen LogP contribution in [0.3, 0.4) is 0 Å². The summed E-state index contributed by atoms with van der Waals surface area (Å²) in [5.41, 5.74) is 1.18. The molecule has 3 rings (SSSR count). The van der Waals surface area contributed by atoms with Gasteiger partial charge < -0.3 is 14.6 Å². The highest BCUT2D eigenvalue weighted by Gasteiger charge is 2.24. The maximum absolute atomic E-state index is 12.2. The Balaban J connectivity index is 1.48. The number of furan rings is 1. The zero-order valence-electron chi connectivity index (χ0n) is 11.9. The van der Waals surface area contributed by atoms with Crippen LogP contribution in [0.4, 0.5) is 5.69 Å². The number of hydrogen-bond acceptors (Lipinski definition) is 4. The van der Waals surface area contributed by atoms with E-state index in [-0.39, 0.29) is 11.8 Å². The molecule has 5 heteroatoms. The molecule has 1 aliphatic heterocycles. The molecule has 0 aromatic carbocycles. The third kappa shape index (κ3) is 3.42. The number of amides is 1. The lowest BCUT2D eigenvalue weighted by atomic mass is 9.95. The second kappa shape index (κ2) is 6.43. The number of rotatable bonds is 4. The summed E-state index contributed by atoms with van der Waals surface area (Å²) in [5, 5.41) is 2.95. The summed E-state index contributed by atoms with van der Waals surface area (Å²) in [4.78, 5) is 18.5. The minimum absolute atomic E-state index is 0.0954. The van der Waals surface area contributed by atoms with Crippen LogP contribution in [0, 0.1) is 5.92 Å². The number of nitrogens with zero attached hydrogens (tertiary/aromatic N) is 2. The molecule has 21 heavy (non-hydrogen) atoms. The van der Waals surface area contributed by atoms with Gasteiger partial charge in [0.1, 0.15) is 5.76 Å². The van der Waals surface area contributed by atoms with Crippen LogP contribution in [0.5, 0.6) is 0 Å². The van der Waals surface area contributed by atoms with Crippen LogP contribution in [-0.4, -0.2) is 24.0 Å². The van der Waals surface area contributed by atoms with E-state index >= 15 is 0 Å². The number of hydrogen-bond donors (Lipinski definition) is 1. The van der Waals surface area contributed by atoms with E-state index in [0.717, 1.165) is 31.7 Å². The molecule has 2 aromatic heterocycles. The maximum atomic E-state index is 12.2. The zero-order valence-corrected chi connectivity index (χ0v) is 11.9. The Morgan fingerprint density at radius 2 is 2.05 bits per heavy atom. The van der Waals surface area contributed by atoms with Crippen molar-refractivity contribution in [3.05, 3.63) is 48.7 Å². The molecular formula is C16H19N3O2. The third-order valence-electron chi connectivity index (χ3n) is 3.91. The highest BCUT2D eigenvalue weighted by Crippen LogP contribution is 2.22. The molecule has 5 nitrogen and oxygen atoms in total. The molecule has 1 amide bonds. The van der Waals surface area contributed by atoms with E-state index in [1.165, 1.54) is 5.69 Å². The van der Waals surface area contributed by atoms with Crippen molar-refractivity contribution in [3.63, 3.8) is 0 Å². The van der Waals surface area contributed by atoms with E-state index in [0.29, 0.717) is 6.54 Å². The van der Waals surface area contributed by atoms with Crippen LogP contribution in [0.25, 0.3) is 0 Å². The Bertz CT molecular complexity index is 560. The van der Waals surface area contributed by atoms with Gasteiger partial charge in [-0.15, -0.1) is 0 Å². The van der Waals surface area contributed by atoms with Crippen molar-refractivity contribution in [2.24, 2.45) is 5.92 Å². The first-order valence-electron chi connectivity index (χ1n) is 7.28. The molecule has 1 fully saturated rings. The lowest BCUT2D eigenvalue weighted by molar-refractivity contribution is -0.125. The Morgan fingerprint density at radius 1 is 1.29 bits per heavy atom. The van der Waals surface area contributed by atoms with E-state index in [1.54, 1.807) is 18.7 Å². The second-order valence-corrected chi connectivity index (χ2v) is 5.26. The van der Waals surface area contributed by atoms with Crippen molar-refractivity contribution < 1.29 is 9.21 Å². The van der Waals surface area contributed by atoms with Gasteiger partial charge in [0.05, 0.1) is 12.8 Å². The van der Waals surface area contributed by atoms with E-state index in [4.69, 9.17) is 4.42 Å². The van der Waals surface area contributed by atoms with Gasteiger partial charge in [0.2, 0.25) is 5.91 Å². The smallest absolute Gasteiger partial charge is 0.223 e. The summed E-state index contributed by atoms with van der Waals surface area (Å²) >= 11 is 0. The van der Waals surface area contributed by atoms with E-state index < -0.39 is 0 Å². The fraction of sp³-hybridized carbons (Fsp3) is 0.375. The quantitative estimate of drug-likeness (QED) is 0.935. The second-order valence-electron chi connectivity index (χ2n) is 5.26. The summed E-state index contributed by atoms with van der Waals surface area (Å²) in [7, 11) is 0. The predicted octanol–water partition coefficient (Wildman–Crippen LogP) is 2.21. The summed E-state index contributed by atoms with van der Waals surface area (Å²) in [5.74, 6) is 1.01. The number of anilines is 1. The van der Waals surface area contributed by atoms with Crippen molar-refractivity contribution in [1.82, 2.24) is 10.3 Å². The van der Waals surface area contributed by atoms with Crippen LogP contribution >= 0.6 is 0 Å². The highest BCUT2D eigenvalue weighted by molar-refractivity contribution is 5.78. The number of aromatic nitrogens is 1. The minimum atomic E-state index is 0.0954. The SMILES string of the molecule is O=C(NCc1ccco1)C1CCN(c2ccncc2)CC1. The Hall–Kier alpha value is -2.30. The third-order valence-corrected chi connectivity index (χ3v) is 3.91. The van der Waals surface area contributed by atoms with E-state index in [1.807, 2.05) is 24.3 Å². The van der Waals surface area contributed by atoms with Gasteiger partial charge in [-0.25, -0.2) is 0 Å². The van der Waals surface area contributed by atoms with E-state index in [9.17, 15) is 4.79 Å². The number of carbonyl (C=O) groups is 1. The van der Waals surface area contributed by atoms with Crippen LogP contribution < -0.4 is 10.2 Å². The van der Waals surface area contributed by atoms with Crippen LogP contribution in [0.15, 0.2) is 47.3 Å². The standard InChI is InChI=1S/C16H19N3O2/c20-16(18-12-15-2-1-11-21-15)13-5-9-19(10-6-13)14-3-7-17-8-4-14/h1-4,7-8,11,13H,5-6,9-10,12H2,(H,18,20). The Labute approximate surface area is 124 Å². The summed E-state index contributed by atoms with van der Waals surface area (Å²) in [6, 6.07) is 7.72. The summed E-state index contributed by atoms with van der Waals surface area (Å²) < 4.78 is 5.22. The average Bonchev–Trinajstić information content (AvgIpc) is 3.07. The van der Waals surface area contributed by atoms with Gasteiger partial charge >= 0.3 is 0 Å². The van der Waals surface area contributed by atoms with Gasteiger partial charge in [0, 0.05) is 37.1 Å². The first-order chi connectivity index (χ1) is 10.3. The van der Waals surface area contributed by atoms with Gasteiger partial charge in [-0.2, -0.15) is 0 Å². The van der Waals surface area contributed by atoms with Crippen molar-refractivity contribution in [1.29, 1.82) is 0 Å². The average molecular weight is 285 g/mol. The molecule has 0 unspecified atom stereocenters. The molecule has 1 N–H and O–H groups in total. The molecule has 0 spiro atoms. The lowest BCUT2D eigenvalue weighted by Gasteiger charge is -2.32. The van der Waals surface area contributed by atoms with Gasteiger partial charge in [-0.05, 0) is 37.1 Å². The Kier molecular flexibility index (Phi) is 4.19. The zero-order chi connectivity index (χ0) is 14.5. The van der Waals surface area contributed by atoms with Crippen LogP contribution in [0.1, 0.15) is 18.6 Å². The molecule has 1 aliphatic rings. The molecule has 0 bridgehead atoms. The molecule has 0 radical (unpaired) electrons.